The van der Waals surface area contributed by atoms with Gasteiger partial charge in [-0.1, -0.05) is 19.1 Å². The third kappa shape index (κ3) is 3.68. The summed E-state index contributed by atoms with van der Waals surface area (Å²) in [5, 5.41) is 22.0. The van der Waals surface area contributed by atoms with Crippen LogP contribution in [0.15, 0.2) is 42.6 Å². The number of anilines is 1. The van der Waals surface area contributed by atoms with Gasteiger partial charge in [0.25, 0.3) is 0 Å². The van der Waals surface area contributed by atoms with Crippen LogP contribution in [0, 0.1) is 0 Å². The van der Waals surface area contributed by atoms with Crippen LogP contribution < -0.4 is 5.32 Å². The zero-order valence-corrected chi connectivity index (χ0v) is 15.2. The number of nitrogens with one attached hydrogen (secondary N) is 2. The van der Waals surface area contributed by atoms with Gasteiger partial charge in [0.2, 0.25) is 0 Å². The van der Waals surface area contributed by atoms with E-state index in [9.17, 15) is 5.11 Å². The zero-order valence-electron chi connectivity index (χ0n) is 15.2. The highest BCUT2D eigenvalue weighted by Crippen LogP contribution is 2.23. The molecular formula is C21H26N4O. The Labute approximate surface area is 154 Å². The molecule has 1 aromatic heterocycles. The van der Waals surface area contributed by atoms with Gasteiger partial charge in [-0.15, -0.1) is 0 Å². The van der Waals surface area contributed by atoms with E-state index < -0.39 is 0 Å². The number of rotatable bonds is 5. The van der Waals surface area contributed by atoms with Gasteiger partial charge in [0.1, 0.15) is 5.75 Å². The Balaban J connectivity index is 1.39. The lowest BCUT2D eigenvalue weighted by Gasteiger charge is -2.33. The maximum Gasteiger partial charge on any atom is 0.119 e. The number of aromatic hydroxyl groups is 1. The minimum absolute atomic E-state index is 0.421. The lowest BCUT2D eigenvalue weighted by molar-refractivity contribution is 0.208. The van der Waals surface area contributed by atoms with E-state index in [1.807, 2.05) is 18.3 Å². The highest BCUT2D eigenvalue weighted by Gasteiger charge is 2.20. The van der Waals surface area contributed by atoms with Gasteiger partial charge in [0.05, 0.1) is 11.7 Å². The fourth-order valence-electron chi connectivity index (χ4n) is 3.85. The standard InChI is InChI=1S/C21H26N4O/c1-2-16-6-5-15(10-21(16)26)13-25-9-3-4-19(14-25)23-18-7-8-20-17(11-18)12-22-24-20/h5-8,10-12,19,23,26H,2-4,9,13-14H2,1H3,(H,22,24). The van der Waals surface area contributed by atoms with Gasteiger partial charge in [-0.2, -0.15) is 5.10 Å². The molecule has 1 atom stereocenters. The fraction of sp³-hybridized carbons (Fsp3) is 0.381. The molecule has 5 nitrogen and oxygen atoms in total. The first-order valence-electron chi connectivity index (χ1n) is 9.44. The summed E-state index contributed by atoms with van der Waals surface area (Å²) < 4.78 is 0. The summed E-state index contributed by atoms with van der Waals surface area (Å²) in [5.41, 5.74) is 4.41. The Morgan fingerprint density at radius 3 is 3.04 bits per heavy atom. The van der Waals surface area contributed by atoms with E-state index >= 15 is 0 Å². The van der Waals surface area contributed by atoms with Crippen molar-refractivity contribution in [1.29, 1.82) is 0 Å². The van der Waals surface area contributed by atoms with Crippen LogP contribution in [0.3, 0.4) is 0 Å². The van der Waals surface area contributed by atoms with Crippen LogP contribution in [0.4, 0.5) is 5.69 Å². The zero-order chi connectivity index (χ0) is 17.9. The van der Waals surface area contributed by atoms with E-state index in [1.54, 1.807) is 0 Å². The molecule has 0 aliphatic carbocycles. The number of aromatic nitrogens is 2. The van der Waals surface area contributed by atoms with Crippen LogP contribution in [0.5, 0.6) is 5.75 Å². The van der Waals surface area contributed by atoms with Crippen molar-refractivity contribution in [3.63, 3.8) is 0 Å². The quantitative estimate of drug-likeness (QED) is 0.653. The number of aromatic amines is 1. The molecule has 1 saturated heterocycles. The Bertz CT molecular complexity index is 889. The van der Waals surface area contributed by atoms with Crippen LogP contribution in [-0.4, -0.2) is 39.3 Å². The lowest BCUT2D eigenvalue weighted by atomic mass is 10.0. The van der Waals surface area contributed by atoms with Gasteiger partial charge in [-0.25, -0.2) is 0 Å². The number of fused-ring (bicyclic) bond motifs is 1. The number of hydrogen-bond donors (Lipinski definition) is 3. The van der Waals surface area contributed by atoms with Gasteiger partial charge in [0.15, 0.2) is 0 Å². The molecule has 0 bridgehead atoms. The van der Waals surface area contributed by atoms with Crippen molar-refractivity contribution in [3.05, 3.63) is 53.7 Å². The average molecular weight is 350 g/mol. The largest absolute Gasteiger partial charge is 0.508 e. The summed E-state index contributed by atoms with van der Waals surface area (Å²) in [6.07, 6.45) is 5.09. The third-order valence-corrected chi connectivity index (χ3v) is 5.25. The normalized spacial score (nSPS) is 18.3. The number of phenols is 1. The lowest BCUT2D eigenvalue weighted by Crippen LogP contribution is -2.41. The molecule has 0 amide bonds. The maximum atomic E-state index is 10.1. The molecule has 2 heterocycles. The van der Waals surface area contributed by atoms with Crippen molar-refractivity contribution in [2.45, 2.75) is 38.8 Å². The summed E-state index contributed by atoms with van der Waals surface area (Å²) in [6.45, 7) is 5.07. The van der Waals surface area contributed by atoms with Crippen molar-refractivity contribution in [2.24, 2.45) is 0 Å². The minimum atomic E-state index is 0.421. The summed E-state index contributed by atoms with van der Waals surface area (Å²) in [4.78, 5) is 2.47. The average Bonchev–Trinajstić information content (AvgIpc) is 3.10. The van der Waals surface area contributed by atoms with E-state index in [0.717, 1.165) is 48.2 Å². The first-order chi connectivity index (χ1) is 12.7. The van der Waals surface area contributed by atoms with Crippen LogP contribution in [0.25, 0.3) is 10.9 Å². The highest BCUT2D eigenvalue weighted by molar-refractivity contribution is 5.81. The predicted octanol–water partition coefficient (Wildman–Crippen LogP) is 3.91. The van der Waals surface area contributed by atoms with Crippen LogP contribution >= 0.6 is 0 Å². The fourth-order valence-corrected chi connectivity index (χ4v) is 3.85. The van der Waals surface area contributed by atoms with Gasteiger partial charge in [-0.3, -0.25) is 10.00 Å². The van der Waals surface area contributed by atoms with E-state index in [4.69, 9.17) is 0 Å². The number of hydrogen-bond acceptors (Lipinski definition) is 4. The van der Waals surface area contributed by atoms with Crippen LogP contribution in [0.1, 0.15) is 30.9 Å². The van der Waals surface area contributed by atoms with E-state index in [2.05, 4.69) is 51.6 Å². The Morgan fingerprint density at radius 1 is 1.27 bits per heavy atom. The number of nitrogens with zero attached hydrogens (tertiary/aromatic N) is 2. The Morgan fingerprint density at radius 2 is 2.19 bits per heavy atom. The molecule has 3 aromatic rings. The molecule has 2 aromatic carbocycles. The molecule has 1 aliphatic heterocycles. The van der Waals surface area contributed by atoms with Crippen LogP contribution in [-0.2, 0) is 13.0 Å². The highest BCUT2D eigenvalue weighted by atomic mass is 16.3. The molecule has 0 spiro atoms. The molecule has 3 N–H and O–H groups in total. The van der Waals surface area contributed by atoms with Gasteiger partial charge in [-0.05, 0) is 61.2 Å². The van der Waals surface area contributed by atoms with E-state index in [1.165, 1.54) is 18.4 Å². The molecule has 4 rings (SSSR count). The molecule has 5 heteroatoms. The number of H-pyrrole nitrogens is 1. The number of phenolic OH excluding ortho intramolecular Hbond substituents is 1. The molecule has 0 radical (unpaired) electrons. The van der Waals surface area contributed by atoms with Crippen molar-refractivity contribution >= 4 is 16.6 Å². The Hall–Kier alpha value is -2.53. The third-order valence-electron chi connectivity index (χ3n) is 5.25. The van der Waals surface area contributed by atoms with Crippen LogP contribution in [0.2, 0.25) is 0 Å². The molecule has 1 aliphatic rings. The summed E-state index contributed by atoms with van der Waals surface area (Å²) >= 11 is 0. The SMILES string of the molecule is CCc1ccc(CN2CCCC(Nc3ccc4[nH]ncc4c3)C2)cc1O. The van der Waals surface area contributed by atoms with Gasteiger partial charge < -0.3 is 10.4 Å². The van der Waals surface area contributed by atoms with Gasteiger partial charge in [0, 0.05) is 30.2 Å². The number of likely N-dealkylation sites (tertiary alicyclic amines) is 1. The second kappa shape index (κ2) is 7.38. The Kier molecular flexibility index (Phi) is 4.80. The summed E-state index contributed by atoms with van der Waals surface area (Å²) in [5.74, 6) is 0.421. The van der Waals surface area contributed by atoms with Crippen molar-refractivity contribution < 1.29 is 5.11 Å². The first-order valence-corrected chi connectivity index (χ1v) is 9.44. The smallest absolute Gasteiger partial charge is 0.119 e. The van der Waals surface area contributed by atoms with Crippen molar-refractivity contribution in [1.82, 2.24) is 15.1 Å². The van der Waals surface area contributed by atoms with Gasteiger partial charge >= 0.3 is 0 Å². The molecule has 1 fully saturated rings. The topological polar surface area (TPSA) is 64.2 Å². The number of piperidine rings is 1. The predicted molar refractivity (Wildman–Crippen MR) is 106 cm³/mol. The number of aryl methyl sites for hydroxylation is 1. The summed E-state index contributed by atoms with van der Waals surface area (Å²) in [6, 6.07) is 12.9. The second-order valence-electron chi connectivity index (χ2n) is 7.21. The second-order valence-corrected chi connectivity index (χ2v) is 7.21. The van der Waals surface area contributed by atoms with Crippen molar-refractivity contribution in [3.8, 4) is 5.75 Å². The monoisotopic (exact) mass is 350 g/mol. The van der Waals surface area contributed by atoms with E-state index in [0.29, 0.717) is 11.8 Å². The summed E-state index contributed by atoms with van der Waals surface area (Å²) in [7, 11) is 0. The van der Waals surface area contributed by atoms with Crippen molar-refractivity contribution in [2.75, 3.05) is 18.4 Å². The molecule has 26 heavy (non-hydrogen) atoms. The van der Waals surface area contributed by atoms with E-state index in [-0.39, 0.29) is 0 Å². The maximum absolute atomic E-state index is 10.1. The first kappa shape index (κ1) is 16.9. The number of benzene rings is 2. The molecule has 136 valence electrons. The molecule has 1 unspecified atom stereocenters. The minimum Gasteiger partial charge on any atom is -0.508 e. The molecule has 0 saturated carbocycles. The molecular weight excluding hydrogens is 324 g/mol.